The van der Waals surface area contributed by atoms with Crippen LogP contribution in [0.2, 0.25) is 0 Å². The van der Waals surface area contributed by atoms with Crippen LogP contribution in [0.4, 0.5) is 0 Å². The lowest BCUT2D eigenvalue weighted by atomic mass is 10.0. The zero-order chi connectivity index (χ0) is 10.1. The minimum absolute atomic E-state index is 0.0937. The zero-order valence-corrected chi connectivity index (χ0v) is 8.82. The molecule has 2 fully saturated rings. The SMILES string of the molecule is CC(C)C(=O)N(C1CNC1)C1COC1. The molecule has 0 saturated carbocycles. The number of hydrogen-bond acceptors (Lipinski definition) is 3. The van der Waals surface area contributed by atoms with Gasteiger partial charge < -0.3 is 15.0 Å². The first-order valence-corrected chi connectivity index (χ1v) is 5.30. The van der Waals surface area contributed by atoms with Crippen molar-refractivity contribution in [3.05, 3.63) is 0 Å². The lowest BCUT2D eigenvalue weighted by molar-refractivity contribution is -0.154. The van der Waals surface area contributed by atoms with Crippen LogP contribution >= 0.6 is 0 Å². The van der Waals surface area contributed by atoms with Crippen molar-refractivity contribution in [2.24, 2.45) is 5.92 Å². The minimum Gasteiger partial charge on any atom is -0.377 e. The fraction of sp³-hybridized carbons (Fsp3) is 0.900. The standard InChI is InChI=1S/C10H18N2O2/c1-7(2)10(13)12(8-3-11-4-8)9-5-14-6-9/h7-9,11H,3-6H2,1-2H3. The molecule has 2 saturated heterocycles. The second-order valence-corrected chi connectivity index (χ2v) is 4.40. The second kappa shape index (κ2) is 3.87. The normalized spacial score (nSPS) is 23.1. The molecule has 80 valence electrons. The van der Waals surface area contributed by atoms with E-state index in [2.05, 4.69) is 5.32 Å². The van der Waals surface area contributed by atoms with Crippen LogP contribution < -0.4 is 5.32 Å². The van der Waals surface area contributed by atoms with Crippen molar-refractivity contribution in [1.82, 2.24) is 10.2 Å². The number of ether oxygens (including phenoxy) is 1. The van der Waals surface area contributed by atoms with Gasteiger partial charge in [-0.05, 0) is 0 Å². The smallest absolute Gasteiger partial charge is 0.225 e. The van der Waals surface area contributed by atoms with E-state index < -0.39 is 0 Å². The Bertz CT molecular complexity index is 208. The van der Waals surface area contributed by atoms with Crippen molar-refractivity contribution < 1.29 is 9.53 Å². The van der Waals surface area contributed by atoms with Crippen LogP contribution in [-0.4, -0.2) is 49.2 Å². The van der Waals surface area contributed by atoms with E-state index >= 15 is 0 Å². The van der Waals surface area contributed by atoms with Crippen molar-refractivity contribution >= 4 is 5.91 Å². The van der Waals surface area contributed by atoms with Gasteiger partial charge in [-0.1, -0.05) is 13.8 Å². The average molecular weight is 198 g/mol. The molecule has 0 atom stereocenters. The molecule has 0 aromatic heterocycles. The molecule has 4 heteroatoms. The Kier molecular flexibility index (Phi) is 2.74. The third-order valence-electron chi connectivity index (χ3n) is 2.92. The fourth-order valence-corrected chi connectivity index (χ4v) is 1.81. The molecule has 0 aromatic rings. The van der Waals surface area contributed by atoms with Gasteiger partial charge in [0, 0.05) is 19.0 Å². The maximum Gasteiger partial charge on any atom is 0.225 e. The largest absolute Gasteiger partial charge is 0.377 e. The summed E-state index contributed by atoms with van der Waals surface area (Å²) in [6.07, 6.45) is 0. The highest BCUT2D eigenvalue weighted by atomic mass is 16.5. The van der Waals surface area contributed by atoms with Crippen LogP contribution in [0.5, 0.6) is 0 Å². The quantitative estimate of drug-likeness (QED) is 0.685. The molecule has 0 unspecified atom stereocenters. The molecule has 2 aliphatic heterocycles. The van der Waals surface area contributed by atoms with E-state index in [9.17, 15) is 4.79 Å². The topological polar surface area (TPSA) is 41.6 Å². The van der Waals surface area contributed by atoms with Crippen LogP contribution in [0.1, 0.15) is 13.8 Å². The van der Waals surface area contributed by atoms with E-state index in [4.69, 9.17) is 4.74 Å². The van der Waals surface area contributed by atoms with E-state index in [0.717, 1.165) is 26.3 Å². The van der Waals surface area contributed by atoms with E-state index in [-0.39, 0.29) is 11.8 Å². The molecule has 2 heterocycles. The van der Waals surface area contributed by atoms with Crippen molar-refractivity contribution in [3.8, 4) is 0 Å². The Morgan fingerprint density at radius 3 is 2.29 bits per heavy atom. The van der Waals surface area contributed by atoms with Crippen LogP contribution in [0.3, 0.4) is 0 Å². The third-order valence-corrected chi connectivity index (χ3v) is 2.92. The highest BCUT2D eigenvalue weighted by Gasteiger charge is 2.38. The maximum atomic E-state index is 12.0. The molecule has 0 spiro atoms. The summed E-state index contributed by atoms with van der Waals surface area (Å²) in [5.41, 5.74) is 0. The predicted octanol–water partition coefficient (Wildman–Crippen LogP) is -0.158. The highest BCUT2D eigenvalue weighted by Crippen LogP contribution is 2.19. The predicted molar refractivity (Wildman–Crippen MR) is 52.9 cm³/mol. The molecule has 1 N–H and O–H groups in total. The Balaban J connectivity index is 2.00. The van der Waals surface area contributed by atoms with Gasteiger partial charge in [-0.2, -0.15) is 0 Å². The summed E-state index contributed by atoms with van der Waals surface area (Å²) in [7, 11) is 0. The number of hydrogen-bond donors (Lipinski definition) is 1. The van der Waals surface area contributed by atoms with E-state index in [0.29, 0.717) is 12.1 Å². The van der Waals surface area contributed by atoms with Gasteiger partial charge in [0.2, 0.25) is 5.91 Å². The lowest BCUT2D eigenvalue weighted by Gasteiger charge is -2.46. The summed E-state index contributed by atoms with van der Waals surface area (Å²) in [5.74, 6) is 0.362. The molecule has 0 aromatic carbocycles. The highest BCUT2D eigenvalue weighted by molar-refractivity contribution is 5.79. The summed E-state index contributed by atoms with van der Waals surface area (Å²) >= 11 is 0. The first kappa shape index (κ1) is 9.93. The van der Waals surface area contributed by atoms with Gasteiger partial charge in [-0.3, -0.25) is 4.79 Å². The number of carbonyl (C=O) groups excluding carboxylic acids is 1. The number of rotatable bonds is 3. The molecule has 0 radical (unpaired) electrons. The average Bonchev–Trinajstić information content (AvgIpc) is 1.94. The summed E-state index contributed by atoms with van der Waals surface area (Å²) < 4.78 is 5.15. The molecule has 14 heavy (non-hydrogen) atoms. The molecule has 2 rings (SSSR count). The monoisotopic (exact) mass is 198 g/mol. The van der Waals surface area contributed by atoms with E-state index in [1.165, 1.54) is 0 Å². The van der Waals surface area contributed by atoms with Crippen LogP contribution in [0.25, 0.3) is 0 Å². The van der Waals surface area contributed by atoms with Crippen molar-refractivity contribution in [2.75, 3.05) is 26.3 Å². The van der Waals surface area contributed by atoms with Crippen LogP contribution in [0, 0.1) is 5.92 Å². The van der Waals surface area contributed by atoms with Crippen molar-refractivity contribution in [1.29, 1.82) is 0 Å². The van der Waals surface area contributed by atoms with Gasteiger partial charge in [-0.25, -0.2) is 0 Å². The first-order chi connectivity index (χ1) is 6.70. The second-order valence-electron chi connectivity index (χ2n) is 4.40. The Morgan fingerprint density at radius 1 is 1.36 bits per heavy atom. The number of carbonyl (C=O) groups is 1. The van der Waals surface area contributed by atoms with Gasteiger partial charge in [0.15, 0.2) is 0 Å². The number of amides is 1. The molecule has 2 aliphatic rings. The van der Waals surface area contributed by atoms with Gasteiger partial charge in [-0.15, -0.1) is 0 Å². The Labute approximate surface area is 84.6 Å². The fourth-order valence-electron chi connectivity index (χ4n) is 1.81. The van der Waals surface area contributed by atoms with Gasteiger partial charge in [0.25, 0.3) is 0 Å². The zero-order valence-electron chi connectivity index (χ0n) is 8.82. The van der Waals surface area contributed by atoms with E-state index in [1.807, 2.05) is 18.7 Å². The summed E-state index contributed by atoms with van der Waals surface area (Å²) in [6.45, 7) is 7.23. The van der Waals surface area contributed by atoms with Crippen LogP contribution in [-0.2, 0) is 9.53 Å². The molecular formula is C10H18N2O2. The third kappa shape index (κ3) is 1.64. The molecule has 0 aliphatic carbocycles. The van der Waals surface area contributed by atoms with Crippen LogP contribution in [0.15, 0.2) is 0 Å². The van der Waals surface area contributed by atoms with E-state index in [1.54, 1.807) is 0 Å². The Morgan fingerprint density at radius 2 is 2.00 bits per heavy atom. The number of nitrogens with one attached hydrogen (secondary N) is 1. The minimum atomic E-state index is 0.0937. The molecule has 1 amide bonds. The maximum absolute atomic E-state index is 12.0. The van der Waals surface area contributed by atoms with Gasteiger partial charge in [0.1, 0.15) is 0 Å². The summed E-state index contributed by atoms with van der Waals surface area (Å²) in [6, 6.07) is 0.732. The summed E-state index contributed by atoms with van der Waals surface area (Å²) in [5, 5.41) is 3.20. The molecule has 4 nitrogen and oxygen atoms in total. The van der Waals surface area contributed by atoms with Gasteiger partial charge in [0.05, 0.1) is 25.3 Å². The lowest BCUT2D eigenvalue weighted by Crippen LogP contribution is -2.66. The summed E-state index contributed by atoms with van der Waals surface area (Å²) in [4.78, 5) is 14.0. The van der Waals surface area contributed by atoms with Gasteiger partial charge >= 0.3 is 0 Å². The first-order valence-electron chi connectivity index (χ1n) is 5.30. The van der Waals surface area contributed by atoms with Crippen molar-refractivity contribution in [3.63, 3.8) is 0 Å². The molecular weight excluding hydrogens is 180 g/mol. The van der Waals surface area contributed by atoms with Crippen molar-refractivity contribution in [2.45, 2.75) is 25.9 Å². The Hall–Kier alpha value is -0.610. The number of nitrogens with zero attached hydrogens (tertiary/aromatic N) is 1. The molecule has 0 bridgehead atoms.